The lowest BCUT2D eigenvalue weighted by Gasteiger charge is -2.20. The Morgan fingerprint density at radius 2 is 2.14 bits per heavy atom. The summed E-state index contributed by atoms with van der Waals surface area (Å²) in [6.07, 6.45) is 0.535. The van der Waals surface area contributed by atoms with Crippen molar-refractivity contribution in [3.63, 3.8) is 0 Å². The van der Waals surface area contributed by atoms with Gasteiger partial charge in [0.15, 0.2) is 0 Å². The summed E-state index contributed by atoms with van der Waals surface area (Å²) in [6, 6.07) is 0. The van der Waals surface area contributed by atoms with E-state index in [0.29, 0.717) is 30.3 Å². The largest absolute Gasteiger partial charge is 0.369 e. The quantitative estimate of drug-likeness (QED) is 0.891. The number of fused-ring (bicyclic) bond motifs is 1. The summed E-state index contributed by atoms with van der Waals surface area (Å²) in [7, 11) is 0. The number of anilines is 1. The second-order valence-corrected chi connectivity index (χ2v) is 5.96. The van der Waals surface area contributed by atoms with Crippen molar-refractivity contribution in [3.05, 3.63) is 17.1 Å². The lowest BCUT2D eigenvalue weighted by atomic mass is 10.1. The molecule has 1 atom stereocenters. The smallest absolute Gasteiger partial charge is 0.270 e. The fourth-order valence-electron chi connectivity index (χ4n) is 2.43. The third kappa shape index (κ3) is 2.69. The molecule has 114 valence electrons. The first-order chi connectivity index (χ1) is 9.88. The van der Waals surface area contributed by atoms with Crippen LogP contribution in [0.15, 0.2) is 0 Å². The van der Waals surface area contributed by atoms with Crippen molar-refractivity contribution in [2.45, 2.75) is 38.5 Å². The molecule has 1 aromatic heterocycles. The fraction of sp³-hybridized carbons (Fsp3) is 0.643. The van der Waals surface area contributed by atoms with Crippen molar-refractivity contribution in [2.24, 2.45) is 5.92 Å². The first kappa shape index (κ1) is 14.2. The highest BCUT2D eigenvalue weighted by Gasteiger charge is 2.56. The summed E-state index contributed by atoms with van der Waals surface area (Å²) in [4.78, 5) is 20.7. The molecule has 0 aromatic carbocycles. The Hall–Kier alpha value is -1.79. The molecule has 1 fully saturated rings. The van der Waals surface area contributed by atoms with Crippen molar-refractivity contribution in [1.29, 1.82) is 0 Å². The number of nitrogens with zero attached hydrogens (tertiary/aromatic N) is 2. The molecule has 0 bridgehead atoms. The molecule has 5 nitrogen and oxygen atoms in total. The fourth-order valence-corrected chi connectivity index (χ4v) is 2.43. The first-order valence-corrected chi connectivity index (χ1v) is 7.19. The highest BCUT2D eigenvalue weighted by Crippen LogP contribution is 2.48. The zero-order valence-corrected chi connectivity index (χ0v) is 12.0. The second-order valence-electron chi connectivity index (χ2n) is 5.96. The maximum atomic E-state index is 13.0. The van der Waals surface area contributed by atoms with Gasteiger partial charge < -0.3 is 10.6 Å². The average Bonchev–Trinajstić information content (AvgIpc) is 3.04. The van der Waals surface area contributed by atoms with Crippen molar-refractivity contribution in [1.82, 2.24) is 15.3 Å². The third-order valence-electron chi connectivity index (χ3n) is 3.89. The summed E-state index contributed by atoms with van der Waals surface area (Å²) >= 11 is 0. The Bertz CT molecular complexity index is 589. The number of carbonyl (C=O) groups is 1. The van der Waals surface area contributed by atoms with Crippen molar-refractivity contribution >= 4 is 11.7 Å². The molecule has 1 aromatic rings. The van der Waals surface area contributed by atoms with E-state index in [9.17, 15) is 13.6 Å². The van der Waals surface area contributed by atoms with Crippen molar-refractivity contribution in [3.8, 4) is 0 Å². The third-order valence-corrected chi connectivity index (χ3v) is 3.89. The van der Waals surface area contributed by atoms with E-state index in [1.807, 2.05) is 13.8 Å². The molecule has 1 saturated carbocycles. The van der Waals surface area contributed by atoms with Crippen LogP contribution < -0.4 is 10.6 Å². The minimum atomic E-state index is -2.56. The van der Waals surface area contributed by atoms with Gasteiger partial charge in [0.25, 0.3) is 11.8 Å². The van der Waals surface area contributed by atoms with Crippen LogP contribution in [0.3, 0.4) is 0 Å². The number of hydrogen-bond donors (Lipinski definition) is 2. The topological polar surface area (TPSA) is 66.9 Å². The SMILES string of the molecule is CC(C)c1nc(NCC2CC2(F)F)c2c(n1)C(=O)NCC2. The number of alkyl halides is 2. The second kappa shape index (κ2) is 4.89. The van der Waals surface area contributed by atoms with Crippen LogP contribution in [0.2, 0.25) is 0 Å². The van der Waals surface area contributed by atoms with Crippen LogP contribution in [0, 0.1) is 5.92 Å². The number of rotatable bonds is 4. The highest BCUT2D eigenvalue weighted by atomic mass is 19.3. The van der Waals surface area contributed by atoms with Gasteiger partial charge in [-0.25, -0.2) is 18.7 Å². The van der Waals surface area contributed by atoms with E-state index < -0.39 is 11.8 Å². The minimum absolute atomic E-state index is 0.0629. The predicted molar refractivity (Wildman–Crippen MR) is 73.7 cm³/mol. The van der Waals surface area contributed by atoms with E-state index in [4.69, 9.17) is 0 Å². The van der Waals surface area contributed by atoms with E-state index in [0.717, 1.165) is 5.56 Å². The Balaban J connectivity index is 1.88. The zero-order chi connectivity index (χ0) is 15.2. The minimum Gasteiger partial charge on any atom is -0.369 e. The van der Waals surface area contributed by atoms with Crippen LogP contribution >= 0.6 is 0 Å². The lowest BCUT2D eigenvalue weighted by molar-refractivity contribution is 0.0938. The van der Waals surface area contributed by atoms with Gasteiger partial charge >= 0.3 is 0 Å². The van der Waals surface area contributed by atoms with Gasteiger partial charge in [-0.2, -0.15) is 0 Å². The number of hydrogen-bond acceptors (Lipinski definition) is 4. The van der Waals surface area contributed by atoms with E-state index in [2.05, 4.69) is 20.6 Å². The van der Waals surface area contributed by atoms with E-state index in [1.165, 1.54) is 0 Å². The van der Waals surface area contributed by atoms with Crippen LogP contribution in [0.1, 0.15) is 48.1 Å². The Kier molecular flexibility index (Phi) is 3.30. The molecule has 1 unspecified atom stereocenters. The molecule has 2 heterocycles. The summed E-state index contributed by atoms with van der Waals surface area (Å²) < 4.78 is 25.9. The summed E-state index contributed by atoms with van der Waals surface area (Å²) in [5.74, 6) is -2.27. The molecule has 2 aliphatic rings. The lowest BCUT2D eigenvalue weighted by Crippen LogP contribution is -2.34. The number of nitrogens with one attached hydrogen (secondary N) is 2. The first-order valence-electron chi connectivity index (χ1n) is 7.19. The molecule has 7 heteroatoms. The molecule has 1 amide bonds. The van der Waals surface area contributed by atoms with E-state index in [-0.39, 0.29) is 24.8 Å². The highest BCUT2D eigenvalue weighted by molar-refractivity contribution is 5.96. The Morgan fingerprint density at radius 3 is 2.76 bits per heavy atom. The Morgan fingerprint density at radius 1 is 1.43 bits per heavy atom. The zero-order valence-electron chi connectivity index (χ0n) is 12.0. The van der Waals surface area contributed by atoms with Gasteiger partial charge in [-0.3, -0.25) is 4.79 Å². The monoisotopic (exact) mass is 296 g/mol. The summed E-state index contributed by atoms with van der Waals surface area (Å²) in [6.45, 7) is 4.56. The number of halogens is 2. The van der Waals surface area contributed by atoms with Gasteiger partial charge in [-0.05, 0) is 6.42 Å². The number of amides is 1. The van der Waals surface area contributed by atoms with Crippen LogP contribution in [-0.2, 0) is 6.42 Å². The molecule has 0 saturated heterocycles. The predicted octanol–water partition coefficient (Wildman–Crippen LogP) is 1.95. The average molecular weight is 296 g/mol. The van der Waals surface area contributed by atoms with Gasteiger partial charge in [0.2, 0.25) is 0 Å². The molecule has 0 radical (unpaired) electrons. The van der Waals surface area contributed by atoms with E-state index in [1.54, 1.807) is 0 Å². The molecule has 0 spiro atoms. The van der Waals surface area contributed by atoms with Crippen molar-refractivity contribution in [2.75, 3.05) is 18.4 Å². The van der Waals surface area contributed by atoms with E-state index >= 15 is 0 Å². The van der Waals surface area contributed by atoms with Gasteiger partial charge in [-0.1, -0.05) is 13.8 Å². The molecule has 1 aliphatic carbocycles. The normalized spacial score (nSPS) is 22.7. The summed E-state index contributed by atoms with van der Waals surface area (Å²) in [5, 5.41) is 5.74. The van der Waals surface area contributed by atoms with Gasteiger partial charge in [0, 0.05) is 36.9 Å². The molecule has 1 aliphatic heterocycles. The summed E-state index contributed by atoms with van der Waals surface area (Å²) in [5.41, 5.74) is 1.09. The van der Waals surface area contributed by atoms with Gasteiger partial charge in [0.05, 0.1) is 0 Å². The van der Waals surface area contributed by atoms with Crippen LogP contribution in [-0.4, -0.2) is 34.9 Å². The van der Waals surface area contributed by atoms with Crippen LogP contribution in [0.25, 0.3) is 0 Å². The molecule has 2 N–H and O–H groups in total. The molecular formula is C14H18F2N4O. The number of aromatic nitrogens is 2. The van der Waals surface area contributed by atoms with Crippen LogP contribution in [0.4, 0.5) is 14.6 Å². The molecule has 21 heavy (non-hydrogen) atoms. The molecule has 3 rings (SSSR count). The van der Waals surface area contributed by atoms with Crippen LogP contribution in [0.5, 0.6) is 0 Å². The Labute approximate surface area is 121 Å². The maximum absolute atomic E-state index is 13.0. The maximum Gasteiger partial charge on any atom is 0.270 e. The standard InChI is InChI=1S/C14H18F2N4O/c1-7(2)11-19-10-9(3-4-17-13(10)21)12(20-11)18-6-8-5-14(8,15)16/h7-8H,3-6H2,1-2H3,(H,17,21)(H,18,19,20). The van der Waals surface area contributed by atoms with Gasteiger partial charge in [0.1, 0.15) is 17.3 Å². The van der Waals surface area contributed by atoms with Gasteiger partial charge in [-0.15, -0.1) is 0 Å². The molecular weight excluding hydrogens is 278 g/mol. The number of carbonyl (C=O) groups excluding carboxylic acids is 1. The van der Waals surface area contributed by atoms with Crippen molar-refractivity contribution < 1.29 is 13.6 Å².